The molecular weight excluding hydrogens is 320 g/mol. The number of anilines is 1. The van der Waals surface area contributed by atoms with Gasteiger partial charge in [-0.15, -0.1) is 0 Å². The molecule has 126 valence electrons. The molecular formula is C15H20N2O5S. The molecule has 0 bridgehead atoms. The third-order valence-electron chi connectivity index (χ3n) is 3.38. The third kappa shape index (κ3) is 4.77. The minimum absolute atomic E-state index is 0.101. The van der Waals surface area contributed by atoms with E-state index < -0.39 is 21.9 Å². The summed E-state index contributed by atoms with van der Waals surface area (Å²) in [6.45, 7) is 1.66. The van der Waals surface area contributed by atoms with Crippen LogP contribution < -0.4 is 5.32 Å². The molecule has 23 heavy (non-hydrogen) atoms. The van der Waals surface area contributed by atoms with Crippen molar-refractivity contribution in [3.63, 3.8) is 0 Å². The highest BCUT2D eigenvalue weighted by atomic mass is 32.2. The van der Waals surface area contributed by atoms with E-state index in [2.05, 4.69) is 5.32 Å². The van der Waals surface area contributed by atoms with E-state index in [4.69, 9.17) is 4.74 Å². The molecule has 1 aromatic rings. The Bertz CT molecular complexity index is 698. The minimum Gasteiger partial charge on any atom is -0.462 e. The zero-order valence-electron chi connectivity index (χ0n) is 13.1. The molecule has 0 spiro atoms. The van der Waals surface area contributed by atoms with Gasteiger partial charge in [0, 0.05) is 6.04 Å². The SMILES string of the molecule is CCOC(=O)c1ccccc1NC(=O)CN(C1CC1)S(C)(=O)=O. The molecule has 7 nitrogen and oxygen atoms in total. The van der Waals surface area contributed by atoms with E-state index in [1.165, 1.54) is 4.31 Å². The molecule has 1 fully saturated rings. The summed E-state index contributed by atoms with van der Waals surface area (Å²) < 4.78 is 29.6. The lowest BCUT2D eigenvalue weighted by Gasteiger charge is -2.19. The molecule has 1 aliphatic rings. The van der Waals surface area contributed by atoms with Crippen molar-refractivity contribution in [1.82, 2.24) is 4.31 Å². The molecule has 0 radical (unpaired) electrons. The molecule has 0 aliphatic heterocycles. The third-order valence-corrected chi connectivity index (χ3v) is 4.66. The van der Waals surface area contributed by atoms with Crippen LogP contribution in [0.4, 0.5) is 5.69 Å². The molecule has 0 atom stereocenters. The second kappa shape index (κ2) is 7.10. The van der Waals surface area contributed by atoms with E-state index >= 15 is 0 Å². The number of para-hydroxylation sites is 1. The van der Waals surface area contributed by atoms with E-state index in [9.17, 15) is 18.0 Å². The van der Waals surface area contributed by atoms with Crippen molar-refractivity contribution in [2.75, 3.05) is 24.7 Å². The van der Waals surface area contributed by atoms with Crippen molar-refractivity contribution in [3.05, 3.63) is 29.8 Å². The lowest BCUT2D eigenvalue weighted by molar-refractivity contribution is -0.116. The Labute approximate surface area is 135 Å². The standard InChI is InChI=1S/C15H20N2O5S/c1-3-22-15(19)12-6-4-5-7-13(12)16-14(18)10-17(11-8-9-11)23(2,20)21/h4-7,11H,3,8-10H2,1-2H3,(H,16,18). The zero-order valence-corrected chi connectivity index (χ0v) is 13.9. The van der Waals surface area contributed by atoms with E-state index in [0.717, 1.165) is 19.1 Å². The van der Waals surface area contributed by atoms with Gasteiger partial charge in [-0.25, -0.2) is 13.2 Å². The normalized spacial score (nSPS) is 14.6. The molecule has 1 amide bonds. The second-order valence-electron chi connectivity index (χ2n) is 5.35. The van der Waals surface area contributed by atoms with Gasteiger partial charge in [0.25, 0.3) is 0 Å². The Morgan fingerprint density at radius 3 is 2.52 bits per heavy atom. The number of ether oxygens (including phenoxy) is 1. The maximum Gasteiger partial charge on any atom is 0.340 e. The predicted molar refractivity (Wildman–Crippen MR) is 85.6 cm³/mol. The summed E-state index contributed by atoms with van der Waals surface area (Å²) in [6, 6.07) is 6.35. The van der Waals surface area contributed by atoms with Crippen molar-refractivity contribution in [1.29, 1.82) is 0 Å². The van der Waals surface area contributed by atoms with Gasteiger partial charge in [0.2, 0.25) is 15.9 Å². The van der Waals surface area contributed by atoms with Gasteiger partial charge in [-0.1, -0.05) is 12.1 Å². The minimum atomic E-state index is -3.44. The molecule has 0 aromatic heterocycles. The quantitative estimate of drug-likeness (QED) is 0.754. The van der Waals surface area contributed by atoms with E-state index in [-0.39, 0.29) is 24.8 Å². The Kier molecular flexibility index (Phi) is 5.38. The van der Waals surface area contributed by atoms with Crippen LogP contribution in [-0.2, 0) is 19.6 Å². The van der Waals surface area contributed by atoms with Gasteiger partial charge in [-0.3, -0.25) is 4.79 Å². The molecule has 0 saturated heterocycles. The summed E-state index contributed by atoms with van der Waals surface area (Å²) in [6.07, 6.45) is 2.62. The first kappa shape index (κ1) is 17.4. The van der Waals surface area contributed by atoms with Crippen molar-refractivity contribution >= 4 is 27.6 Å². The summed E-state index contributed by atoms with van der Waals surface area (Å²) in [5, 5.41) is 2.59. The number of hydrogen-bond donors (Lipinski definition) is 1. The number of sulfonamides is 1. The summed E-state index contributed by atoms with van der Waals surface area (Å²) >= 11 is 0. The number of amides is 1. The van der Waals surface area contributed by atoms with Gasteiger partial charge in [0.05, 0.1) is 30.7 Å². The van der Waals surface area contributed by atoms with Crippen LogP contribution in [0.2, 0.25) is 0 Å². The van der Waals surface area contributed by atoms with Crippen LogP contribution in [0.25, 0.3) is 0 Å². The van der Waals surface area contributed by atoms with Crippen LogP contribution in [0, 0.1) is 0 Å². The van der Waals surface area contributed by atoms with Crippen molar-refractivity contribution in [2.45, 2.75) is 25.8 Å². The molecule has 1 N–H and O–H groups in total. The van der Waals surface area contributed by atoms with Gasteiger partial charge in [0.1, 0.15) is 0 Å². The maximum absolute atomic E-state index is 12.2. The Morgan fingerprint density at radius 1 is 1.30 bits per heavy atom. The monoisotopic (exact) mass is 340 g/mol. The number of esters is 1. The molecule has 8 heteroatoms. The zero-order chi connectivity index (χ0) is 17.0. The first-order valence-corrected chi connectivity index (χ1v) is 9.20. The second-order valence-corrected chi connectivity index (χ2v) is 7.29. The number of nitrogens with zero attached hydrogens (tertiary/aromatic N) is 1. The average molecular weight is 340 g/mol. The summed E-state index contributed by atoms with van der Waals surface area (Å²) in [4.78, 5) is 24.0. The van der Waals surface area contributed by atoms with Crippen molar-refractivity contribution in [2.24, 2.45) is 0 Å². The molecule has 1 aliphatic carbocycles. The Hall–Kier alpha value is -1.93. The highest BCUT2D eigenvalue weighted by Crippen LogP contribution is 2.28. The number of carbonyl (C=O) groups excluding carboxylic acids is 2. The summed E-state index contributed by atoms with van der Waals surface area (Å²) in [5.41, 5.74) is 0.542. The van der Waals surface area contributed by atoms with Gasteiger partial charge < -0.3 is 10.1 Å². The number of rotatable bonds is 7. The molecule has 0 unspecified atom stereocenters. The molecule has 1 aromatic carbocycles. The maximum atomic E-state index is 12.2. The smallest absolute Gasteiger partial charge is 0.340 e. The van der Waals surface area contributed by atoms with E-state index in [0.29, 0.717) is 5.69 Å². The van der Waals surface area contributed by atoms with Crippen LogP contribution in [0.15, 0.2) is 24.3 Å². The fraction of sp³-hybridized carbons (Fsp3) is 0.467. The first-order chi connectivity index (χ1) is 10.8. The van der Waals surface area contributed by atoms with Gasteiger partial charge in [-0.05, 0) is 31.9 Å². The summed E-state index contributed by atoms with van der Waals surface area (Å²) in [5.74, 6) is -1.02. The Morgan fingerprint density at radius 2 is 1.96 bits per heavy atom. The largest absolute Gasteiger partial charge is 0.462 e. The molecule has 2 rings (SSSR count). The van der Waals surface area contributed by atoms with Crippen LogP contribution in [-0.4, -0.2) is 50.0 Å². The first-order valence-electron chi connectivity index (χ1n) is 7.35. The molecule has 0 heterocycles. The number of benzene rings is 1. The number of hydrogen-bond acceptors (Lipinski definition) is 5. The van der Waals surface area contributed by atoms with Crippen molar-refractivity contribution in [3.8, 4) is 0 Å². The van der Waals surface area contributed by atoms with Crippen molar-refractivity contribution < 1.29 is 22.7 Å². The Balaban J connectivity index is 2.10. The molecule has 1 saturated carbocycles. The van der Waals surface area contributed by atoms with Gasteiger partial charge in [-0.2, -0.15) is 4.31 Å². The highest BCUT2D eigenvalue weighted by molar-refractivity contribution is 7.88. The summed E-state index contributed by atoms with van der Waals surface area (Å²) in [7, 11) is -3.44. The predicted octanol–water partition coefficient (Wildman–Crippen LogP) is 1.23. The van der Waals surface area contributed by atoms with Crippen LogP contribution in [0.1, 0.15) is 30.1 Å². The lowest BCUT2D eigenvalue weighted by Crippen LogP contribution is -2.39. The van der Waals surface area contributed by atoms with Crippen LogP contribution in [0.3, 0.4) is 0 Å². The van der Waals surface area contributed by atoms with Gasteiger partial charge in [0.15, 0.2) is 0 Å². The lowest BCUT2D eigenvalue weighted by atomic mass is 10.2. The average Bonchev–Trinajstić information content (AvgIpc) is 3.29. The van der Waals surface area contributed by atoms with E-state index in [1.807, 2.05) is 0 Å². The number of carbonyl (C=O) groups is 2. The van der Waals surface area contributed by atoms with Crippen LogP contribution >= 0.6 is 0 Å². The number of nitrogens with one attached hydrogen (secondary N) is 1. The van der Waals surface area contributed by atoms with E-state index in [1.54, 1.807) is 31.2 Å². The fourth-order valence-corrected chi connectivity index (χ4v) is 3.29. The highest BCUT2D eigenvalue weighted by Gasteiger charge is 2.36. The van der Waals surface area contributed by atoms with Crippen LogP contribution in [0.5, 0.6) is 0 Å². The fourth-order valence-electron chi connectivity index (χ4n) is 2.19. The topological polar surface area (TPSA) is 92.8 Å². The van der Waals surface area contributed by atoms with Gasteiger partial charge >= 0.3 is 5.97 Å².